The molecule has 2 amide bonds. The Morgan fingerprint density at radius 2 is 1.68 bits per heavy atom. The molecule has 2 unspecified atom stereocenters. The van der Waals surface area contributed by atoms with Crippen LogP contribution in [0, 0.1) is 5.92 Å². The number of piperidine rings is 1. The van der Waals surface area contributed by atoms with Gasteiger partial charge in [0.05, 0.1) is 5.92 Å². The van der Waals surface area contributed by atoms with Crippen LogP contribution in [0.15, 0.2) is 48.5 Å². The van der Waals surface area contributed by atoms with Crippen molar-refractivity contribution in [3.05, 3.63) is 59.7 Å². The number of hydrogen-bond donors (Lipinski definition) is 2. The molecule has 3 atom stereocenters. The predicted octanol–water partition coefficient (Wildman–Crippen LogP) is 4.41. The van der Waals surface area contributed by atoms with E-state index in [0.717, 1.165) is 11.1 Å². The lowest BCUT2D eigenvalue weighted by Crippen LogP contribution is -2.49. The van der Waals surface area contributed by atoms with E-state index >= 15 is 0 Å². The number of ether oxygens (including phenoxy) is 1. The SMILES string of the molecule is CC[C@@H](CC(=O)N1CC(C(=O)O)CCC1C)NC(=O)OCC1c2ccccc2-c2ccccc21. The molecule has 2 aromatic carbocycles. The highest BCUT2D eigenvalue weighted by molar-refractivity contribution is 5.80. The molecule has 1 saturated heterocycles. The molecule has 34 heavy (non-hydrogen) atoms. The third-order valence-corrected chi connectivity index (χ3v) is 7.13. The number of carbonyl (C=O) groups excluding carboxylic acids is 2. The number of alkyl carbamates (subject to hydrolysis) is 1. The number of hydrogen-bond acceptors (Lipinski definition) is 4. The van der Waals surface area contributed by atoms with Gasteiger partial charge in [0.25, 0.3) is 0 Å². The first-order valence-electron chi connectivity index (χ1n) is 12.0. The van der Waals surface area contributed by atoms with E-state index in [2.05, 4.69) is 29.6 Å². The van der Waals surface area contributed by atoms with Crippen molar-refractivity contribution in [1.82, 2.24) is 10.2 Å². The van der Waals surface area contributed by atoms with Gasteiger partial charge in [-0.25, -0.2) is 4.79 Å². The van der Waals surface area contributed by atoms with Crippen molar-refractivity contribution in [1.29, 1.82) is 0 Å². The van der Waals surface area contributed by atoms with E-state index in [9.17, 15) is 19.5 Å². The van der Waals surface area contributed by atoms with Crippen LogP contribution in [0.2, 0.25) is 0 Å². The topological polar surface area (TPSA) is 95.9 Å². The van der Waals surface area contributed by atoms with E-state index in [0.29, 0.717) is 19.3 Å². The van der Waals surface area contributed by atoms with Crippen molar-refractivity contribution in [2.45, 2.75) is 57.5 Å². The minimum Gasteiger partial charge on any atom is -0.481 e. The summed E-state index contributed by atoms with van der Waals surface area (Å²) in [4.78, 5) is 38.6. The summed E-state index contributed by atoms with van der Waals surface area (Å²) in [7, 11) is 0. The van der Waals surface area contributed by atoms with Crippen LogP contribution in [0.3, 0.4) is 0 Å². The fourth-order valence-corrected chi connectivity index (χ4v) is 5.09. The molecule has 7 nitrogen and oxygen atoms in total. The van der Waals surface area contributed by atoms with Crippen molar-refractivity contribution in [3.8, 4) is 11.1 Å². The van der Waals surface area contributed by atoms with Crippen molar-refractivity contribution in [3.63, 3.8) is 0 Å². The van der Waals surface area contributed by atoms with Gasteiger partial charge in [-0.05, 0) is 48.4 Å². The Bertz CT molecular complexity index is 1020. The lowest BCUT2D eigenvalue weighted by Gasteiger charge is -2.37. The highest BCUT2D eigenvalue weighted by Gasteiger charge is 2.34. The zero-order valence-electron chi connectivity index (χ0n) is 19.7. The maximum Gasteiger partial charge on any atom is 0.407 e. The number of carbonyl (C=O) groups is 3. The molecular weight excluding hydrogens is 432 g/mol. The van der Waals surface area contributed by atoms with Crippen LogP contribution >= 0.6 is 0 Å². The molecular formula is C27H32N2O5. The van der Waals surface area contributed by atoms with Gasteiger partial charge < -0.3 is 20.1 Å². The van der Waals surface area contributed by atoms with Crippen LogP contribution in [0.4, 0.5) is 4.79 Å². The quantitative estimate of drug-likeness (QED) is 0.633. The van der Waals surface area contributed by atoms with Crippen LogP contribution in [0.5, 0.6) is 0 Å². The molecule has 1 fully saturated rings. The van der Waals surface area contributed by atoms with Crippen LogP contribution in [-0.4, -0.2) is 53.2 Å². The van der Waals surface area contributed by atoms with E-state index in [4.69, 9.17) is 4.74 Å². The third-order valence-electron chi connectivity index (χ3n) is 7.13. The number of nitrogens with zero attached hydrogens (tertiary/aromatic N) is 1. The molecule has 1 aliphatic heterocycles. The number of amides is 2. The molecule has 0 aromatic heterocycles. The summed E-state index contributed by atoms with van der Waals surface area (Å²) >= 11 is 0. The number of likely N-dealkylation sites (tertiary alicyclic amines) is 1. The first-order valence-corrected chi connectivity index (χ1v) is 12.0. The van der Waals surface area contributed by atoms with Crippen molar-refractivity contribution >= 4 is 18.0 Å². The standard InChI is InChI=1S/C27H32N2O5/c1-3-19(14-25(30)29-15-18(26(31)32)13-12-17(29)2)28-27(33)34-16-24-22-10-6-4-8-20(22)21-9-5-7-11-23(21)24/h4-11,17-19,24H,3,12-16H2,1-2H3,(H,28,33)(H,31,32)/t17?,18?,19-/m0/s1. The zero-order valence-corrected chi connectivity index (χ0v) is 19.7. The number of fused-ring (bicyclic) bond motifs is 3. The second-order valence-corrected chi connectivity index (χ2v) is 9.29. The number of carboxylic acid groups (broad SMARTS) is 1. The lowest BCUT2D eigenvalue weighted by molar-refractivity contribution is -0.147. The first kappa shape index (κ1) is 23.8. The molecule has 4 rings (SSSR count). The van der Waals surface area contributed by atoms with E-state index in [1.54, 1.807) is 4.90 Å². The third kappa shape index (κ3) is 4.93. The van der Waals surface area contributed by atoms with Gasteiger partial charge in [-0.3, -0.25) is 9.59 Å². The van der Waals surface area contributed by atoms with Gasteiger partial charge in [-0.1, -0.05) is 55.5 Å². The molecule has 1 aliphatic carbocycles. The average Bonchev–Trinajstić information content (AvgIpc) is 3.16. The van der Waals surface area contributed by atoms with Gasteiger partial charge in [-0.2, -0.15) is 0 Å². The summed E-state index contributed by atoms with van der Waals surface area (Å²) in [6.07, 6.45) is 1.39. The van der Waals surface area contributed by atoms with E-state index in [1.807, 2.05) is 38.1 Å². The van der Waals surface area contributed by atoms with E-state index < -0.39 is 18.0 Å². The Labute approximate surface area is 200 Å². The molecule has 2 N–H and O–H groups in total. The molecule has 2 aromatic rings. The van der Waals surface area contributed by atoms with Crippen LogP contribution in [0.1, 0.15) is 56.6 Å². The van der Waals surface area contributed by atoms with Crippen molar-refractivity contribution < 1.29 is 24.2 Å². The van der Waals surface area contributed by atoms with Gasteiger partial charge in [0, 0.05) is 31.0 Å². The minimum absolute atomic E-state index is 0.00457. The molecule has 2 aliphatic rings. The Kier molecular flexibility index (Phi) is 7.20. The van der Waals surface area contributed by atoms with Gasteiger partial charge in [0.1, 0.15) is 6.61 Å². The minimum atomic E-state index is -0.867. The van der Waals surface area contributed by atoms with Crippen molar-refractivity contribution in [2.24, 2.45) is 5.92 Å². The first-order chi connectivity index (χ1) is 16.4. The zero-order chi connectivity index (χ0) is 24.2. The molecule has 0 saturated carbocycles. The number of aliphatic carboxylic acids is 1. The Morgan fingerprint density at radius 3 is 2.26 bits per heavy atom. The smallest absolute Gasteiger partial charge is 0.407 e. The number of carboxylic acids is 1. The fourth-order valence-electron chi connectivity index (χ4n) is 5.09. The van der Waals surface area contributed by atoms with Gasteiger partial charge in [0.2, 0.25) is 5.91 Å². The molecule has 1 heterocycles. The fraction of sp³-hybridized carbons (Fsp3) is 0.444. The summed E-state index contributed by atoms with van der Waals surface area (Å²) in [5.41, 5.74) is 4.62. The van der Waals surface area contributed by atoms with Crippen LogP contribution in [-0.2, 0) is 14.3 Å². The summed E-state index contributed by atoms with van der Waals surface area (Å²) in [6.45, 7) is 4.28. The lowest BCUT2D eigenvalue weighted by atomic mass is 9.93. The normalized spacial score (nSPS) is 20.2. The molecule has 180 valence electrons. The number of nitrogens with one attached hydrogen (secondary N) is 1. The summed E-state index contributed by atoms with van der Waals surface area (Å²) in [6, 6.07) is 15.9. The van der Waals surface area contributed by atoms with E-state index in [-0.39, 0.29) is 43.5 Å². The second-order valence-electron chi connectivity index (χ2n) is 9.29. The summed E-state index contributed by atoms with van der Waals surface area (Å²) in [5, 5.41) is 12.2. The predicted molar refractivity (Wildman–Crippen MR) is 128 cm³/mol. The Morgan fingerprint density at radius 1 is 1.06 bits per heavy atom. The van der Waals surface area contributed by atoms with E-state index in [1.165, 1.54) is 11.1 Å². The highest BCUT2D eigenvalue weighted by Crippen LogP contribution is 2.44. The monoisotopic (exact) mass is 464 g/mol. The van der Waals surface area contributed by atoms with Gasteiger partial charge in [-0.15, -0.1) is 0 Å². The Hall–Kier alpha value is -3.35. The summed E-state index contributed by atoms with van der Waals surface area (Å²) < 4.78 is 5.62. The molecule has 0 radical (unpaired) electrons. The Balaban J connectivity index is 1.34. The van der Waals surface area contributed by atoms with Gasteiger partial charge >= 0.3 is 12.1 Å². The summed E-state index contributed by atoms with van der Waals surface area (Å²) in [5.74, 6) is -1.56. The van der Waals surface area contributed by atoms with Crippen LogP contribution < -0.4 is 5.32 Å². The van der Waals surface area contributed by atoms with Crippen molar-refractivity contribution in [2.75, 3.05) is 13.2 Å². The van der Waals surface area contributed by atoms with Gasteiger partial charge in [0.15, 0.2) is 0 Å². The number of benzene rings is 2. The average molecular weight is 465 g/mol. The highest BCUT2D eigenvalue weighted by atomic mass is 16.5. The van der Waals surface area contributed by atoms with Crippen LogP contribution in [0.25, 0.3) is 11.1 Å². The molecule has 0 bridgehead atoms. The largest absolute Gasteiger partial charge is 0.481 e. The second kappa shape index (κ2) is 10.3. The maximum atomic E-state index is 12.9. The number of rotatable bonds is 7. The maximum absolute atomic E-state index is 12.9. The molecule has 7 heteroatoms. The molecule has 0 spiro atoms.